The monoisotopic (exact) mass is 325 g/mol. The lowest BCUT2D eigenvalue weighted by Crippen LogP contribution is -2.42. The van der Waals surface area contributed by atoms with Gasteiger partial charge in [-0.3, -0.25) is 4.79 Å². The van der Waals surface area contributed by atoms with Gasteiger partial charge in [-0.2, -0.15) is 0 Å². The van der Waals surface area contributed by atoms with Gasteiger partial charge in [0.15, 0.2) is 0 Å². The van der Waals surface area contributed by atoms with E-state index >= 15 is 0 Å². The molecule has 2 unspecified atom stereocenters. The average molecular weight is 325 g/mol. The SMILES string of the molecule is O=C(NC(CC1CCCc2ccccc21)C(=O)O)c1cncnc1. The van der Waals surface area contributed by atoms with Crippen LogP contribution in [-0.2, 0) is 11.2 Å². The topological polar surface area (TPSA) is 92.2 Å². The van der Waals surface area contributed by atoms with Gasteiger partial charge in [0.1, 0.15) is 12.4 Å². The highest BCUT2D eigenvalue weighted by atomic mass is 16.4. The van der Waals surface area contributed by atoms with Crippen LogP contribution >= 0.6 is 0 Å². The predicted molar refractivity (Wildman–Crippen MR) is 87.7 cm³/mol. The smallest absolute Gasteiger partial charge is 0.326 e. The zero-order valence-corrected chi connectivity index (χ0v) is 13.2. The maximum atomic E-state index is 12.2. The van der Waals surface area contributed by atoms with E-state index in [1.165, 1.54) is 29.8 Å². The van der Waals surface area contributed by atoms with Gasteiger partial charge in [0.2, 0.25) is 0 Å². The number of fused-ring (bicyclic) bond motifs is 1. The summed E-state index contributed by atoms with van der Waals surface area (Å²) in [7, 11) is 0. The number of nitrogens with one attached hydrogen (secondary N) is 1. The Morgan fingerprint density at radius 1 is 1.25 bits per heavy atom. The van der Waals surface area contributed by atoms with Gasteiger partial charge in [-0.25, -0.2) is 14.8 Å². The summed E-state index contributed by atoms with van der Waals surface area (Å²) >= 11 is 0. The van der Waals surface area contributed by atoms with Crippen molar-refractivity contribution in [2.75, 3.05) is 0 Å². The number of hydrogen-bond acceptors (Lipinski definition) is 4. The summed E-state index contributed by atoms with van der Waals surface area (Å²) in [5.74, 6) is -1.35. The van der Waals surface area contributed by atoms with Crippen molar-refractivity contribution < 1.29 is 14.7 Å². The first kappa shape index (κ1) is 16.1. The van der Waals surface area contributed by atoms with Crippen LogP contribution in [0.4, 0.5) is 0 Å². The zero-order chi connectivity index (χ0) is 16.9. The average Bonchev–Trinajstić information content (AvgIpc) is 2.62. The number of rotatable bonds is 5. The van der Waals surface area contributed by atoms with Crippen LogP contribution in [0, 0.1) is 0 Å². The summed E-state index contributed by atoms with van der Waals surface area (Å²) in [5.41, 5.74) is 2.74. The quantitative estimate of drug-likeness (QED) is 0.879. The number of aromatic nitrogens is 2. The number of benzene rings is 1. The number of carbonyl (C=O) groups is 2. The lowest BCUT2D eigenvalue weighted by atomic mass is 9.79. The molecule has 3 rings (SSSR count). The van der Waals surface area contributed by atoms with E-state index in [-0.39, 0.29) is 11.5 Å². The molecule has 1 amide bonds. The highest BCUT2D eigenvalue weighted by Crippen LogP contribution is 2.34. The van der Waals surface area contributed by atoms with Gasteiger partial charge in [-0.05, 0) is 42.7 Å². The van der Waals surface area contributed by atoms with Crippen molar-refractivity contribution in [3.05, 3.63) is 59.7 Å². The maximum Gasteiger partial charge on any atom is 0.326 e. The Morgan fingerprint density at radius 3 is 2.75 bits per heavy atom. The number of carboxylic acid groups (broad SMARTS) is 1. The summed E-state index contributed by atoms with van der Waals surface area (Å²) in [5, 5.41) is 12.1. The van der Waals surface area contributed by atoms with Gasteiger partial charge < -0.3 is 10.4 Å². The van der Waals surface area contributed by atoms with Gasteiger partial charge in [0, 0.05) is 12.4 Å². The summed E-state index contributed by atoms with van der Waals surface area (Å²) in [4.78, 5) is 31.4. The van der Waals surface area contributed by atoms with Crippen LogP contribution < -0.4 is 5.32 Å². The first-order chi connectivity index (χ1) is 11.6. The molecule has 24 heavy (non-hydrogen) atoms. The number of aliphatic carboxylic acids is 1. The molecule has 2 aromatic rings. The van der Waals surface area contributed by atoms with Crippen molar-refractivity contribution in [3.8, 4) is 0 Å². The molecule has 1 heterocycles. The normalized spacial score (nSPS) is 17.6. The fraction of sp³-hybridized carbons (Fsp3) is 0.333. The Bertz CT molecular complexity index is 733. The van der Waals surface area contributed by atoms with Crippen LogP contribution in [0.25, 0.3) is 0 Å². The molecule has 2 atom stereocenters. The molecule has 124 valence electrons. The summed E-state index contributed by atoms with van der Waals surface area (Å²) < 4.78 is 0. The second-order valence-corrected chi connectivity index (χ2v) is 6.02. The molecule has 1 aromatic heterocycles. The fourth-order valence-electron chi connectivity index (χ4n) is 3.26. The molecule has 6 heteroatoms. The minimum atomic E-state index is -1.02. The summed E-state index contributed by atoms with van der Waals surface area (Å²) in [6.07, 6.45) is 7.45. The van der Waals surface area contributed by atoms with Crippen molar-refractivity contribution in [2.45, 2.75) is 37.6 Å². The third-order valence-corrected chi connectivity index (χ3v) is 4.44. The van der Waals surface area contributed by atoms with E-state index < -0.39 is 17.9 Å². The molecule has 0 bridgehead atoms. The molecule has 1 aliphatic carbocycles. The van der Waals surface area contributed by atoms with Crippen molar-refractivity contribution in [2.24, 2.45) is 0 Å². The van der Waals surface area contributed by atoms with E-state index in [1.54, 1.807) is 0 Å². The lowest BCUT2D eigenvalue weighted by Gasteiger charge is -2.28. The first-order valence-corrected chi connectivity index (χ1v) is 8.01. The standard InChI is InChI=1S/C18H19N3O3/c22-17(14-9-19-11-20-10-14)21-16(18(23)24)8-13-6-3-5-12-4-1-2-7-15(12)13/h1-2,4,7,9-11,13,16H,3,5-6,8H2,(H,21,22)(H,23,24). The second kappa shape index (κ2) is 7.21. The summed E-state index contributed by atoms with van der Waals surface area (Å²) in [6.45, 7) is 0. The molecule has 2 N–H and O–H groups in total. The minimum Gasteiger partial charge on any atom is -0.480 e. The van der Waals surface area contributed by atoms with Crippen LogP contribution in [0.15, 0.2) is 43.0 Å². The molecule has 6 nitrogen and oxygen atoms in total. The number of hydrogen-bond donors (Lipinski definition) is 2. The molecule has 0 saturated heterocycles. The van der Waals surface area contributed by atoms with Crippen molar-refractivity contribution in [1.29, 1.82) is 0 Å². The van der Waals surface area contributed by atoms with E-state index in [0.29, 0.717) is 6.42 Å². The second-order valence-electron chi connectivity index (χ2n) is 6.02. The van der Waals surface area contributed by atoms with Crippen molar-refractivity contribution in [3.63, 3.8) is 0 Å². The van der Waals surface area contributed by atoms with Gasteiger partial charge in [0.05, 0.1) is 5.56 Å². The van der Waals surface area contributed by atoms with E-state index in [0.717, 1.165) is 19.3 Å². The molecule has 0 spiro atoms. The minimum absolute atomic E-state index is 0.142. The van der Waals surface area contributed by atoms with E-state index in [1.807, 2.05) is 12.1 Å². The molecule has 0 saturated carbocycles. The van der Waals surface area contributed by atoms with Gasteiger partial charge >= 0.3 is 5.97 Å². The van der Waals surface area contributed by atoms with Gasteiger partial charge in [0.25, 0.3) is 5.91 Å². The zero-order valence-electron chi connectivity index (χ0n) is 13.2. The van der Waals surface area contributed by atoms with E-state index in [2.05, 4.69) is 27.4 Å². The largest absolute Gasteiger partial charge is 0.480 e. The van der Waals surface area contributed by atoms with Gasteiger partial charge in [-0.1, -0.05) is 24.3 Å². The predicted octanol–water partition coefficient (Wildman–Crippen LogP) is 2.17. The molecule has 0 aliphatic heterocycles. The number of amides is 1. The van der Waals surface area contributed by atoms with E-state index in [4.69, 9.17) is 0 Å². The van der Waals surface area contributed by atoms with Crippen LogP contribution in [0.2, 0.25) is 0 Å². The summed E-state index contributed by atoms with van der Waals surface area (Å²) in [6, 6.07) is 7.20. The van der Waals surface area contributed by atoms with Crippen LogP contribution in [-0.4, -0.2) is 33.0 Å². The molecule has 0 radical (unpaired) electrons. The third-order valence-electron chi connectivity index (χ3n) is 4.44. The molecule has 1 aliphatic rings. The number of nitrogens with zero attached hydrogens (tertiary/aromatic N) is 2. The lowest BCUT2D eigenvalue weighted by molar-refractivity contribution is -0.139. The number of carboxylic acids is 1. The van der Waals surface area contributed by atoms with Crippen molar-refractivity contribution >= 4 is 11.9 Å². The number of carbonyl (C=O) groups excluding carboxylic acids is 1. The van der Waals surface area contributed by atoms with E-state index in [9.17, 15) is 14.7 Å². The van der Waals surface area contributed by atoms with Gasteiger partial charge in [-0.15, -0.1) is 0 Å². The molecular weight excluding hydrogens is 306 g/mol. The maximum absolute atomic E-state index is 12.2. The molecular formula is C18H19N3O3. The first-order valence-electron chi connectivity index (χ1n) is 8.01. The number of aryl methyl sites for hydroxylation is 1. The molecule has 1 aromatic carbocycles. The van der Waals surface area contributed by atoms with Crippen molar-refractivity contribution in [1.82, 2.24) is 15.3 Å². The fourth-order valence-corrected chi connectivity index (χ4v) is 3.26. The highest BCUT2D eigenvalue weighted by molar-refractivity contribution is 5.96. The van der Waals surface area contributed by atoms with Crippen LogP contribution in [0.5, 0.6) is 0 Å². The molecule has 0 fully saturated rings. The Kier molecular flexibility index (Phi) is 4.84. The Morgan fingerprint density at radius 2 is 2.00 bits per heavy atom. The van der Waals surface area contributed by atoms with Crippen LogP contribution in [0.3, 0.4) is 0 Å². The Hall–Kier alpha value is -2.76. The third kappa shape index (κ3) is 3.59. The Labute approximate surface area is 140 Å². The highest BCUT2D eigenvalue weighted by Gasteiger charge is 2.28. The van der Waals surface area contributed by atoms with Crippen LogP contribution in [0.1, 0.15) is 46.7 Å². The Balaban J connectivity index is 1.74.